The van der Waals surface area contributed by atoms with Gasteiger partial charge in [-0.2, -0.15) is 0 Å². The molecule has 1 amide bonds. The predicted octanol–water partition coefficient (Wildman–Crippen LogP) is 1.90. The number of nitrogens with one attached hydrogen (secondary N) is 1. The first-order chi connectivity index (χ1) is 10.1. The highest BCUT2D eigenvalue weighted by molar-refractivity contribution is 9.09. The minimum atomic E-state index is -0.334. The molecule has 4 rings (SSSR count). The number of rotatable bonds is 2. The number of carbonyl (C=O) groups is 2. The lowest BCUT2D eigenvalue weighted by atomic mass is 9.79. The molecule has 1 aromatic rings. The van der Waals surface area contributed by atoms with E-state index < -0.39 is 0 Å². The molecular weight excluding hydrogens is 338 g/mol. The minimum absolute atomic E-state index is 0.0646. The Morgan fingerprint density at radius 1 is 1.29 bits per heavy atom. The highest BCUT2D eigenvalue weighted by atomic mass is 79.9. The predicted molar refractivity (Wildman–Crippen MR) is 77.9 cm³/mol. The minimum Gasteiger partial charge on any atom is -0.508 e. The quantitative estimate of drug-likeness (QED) is 0.484. The third kappa shape index (κ3) is 1.81. The van der Waals surface area contributed by atoms with Crippen molar-refractivity contribution < 1.29 is 19.4 Å². The first-order valence-electron chi connectivity index (χ1n) is 7.01. The number of alkyl halides is 1. The van der Waals surface area contributed by atoms with E-state index in [0.717, 1.165) is 6.42 Å². The zero-order valence-electron chi connectivity index (χ0n) is 11.0. The Morgan fingerprint density at radius 2 is 2.00 bits per heavy atom. The summed E-state index contributed by atoms with van der Waals surface area (Å²) in [5, 5.41) is 12.1. The van der Waals surface area contributed by atoms with Crippen LogP contribution in [-0.2, 0) is 14.3 Å². The van der Waals surface area contributed by atoms with Crippen LogP contribution >= 0.6 is 15.9 Å². The van der Waals surface area contributed by atoms with Crippen LogP contribution in [0.3, 0.4) is 0 Å². The Bertz CT molecular complexity index is 617. The van der Waals surface area contributed by atoms with Crippen molar-refractivity contribution >= 4 is 33.5 Å². The van der Waals surface area contributed by atoms with Gasteiger partial charge >= 0.3 is 5.97 Å². The maximum absolute atomic E-state index is 12.6. The van der Waals surface area contributed by atoms with Crippen LogP contribution in [0.2, 0.25) is 0 Å². The zero-order valence-corrected chi connectivity index (χ0v) is 12.6. The molecule has 2 N–H and O–H groups in total. The van der Waals surface area contributed by atoms with Crippen LogP contribution in [0.4, 0.5) is 5.69 Å². The molecule has 2 bridgehead atoms. The van der Waals surface area contributed by atoms with E-state index in [1.165, 1.54) is 12.1 Å². The summed E-state index contributed by atoms with van der Waals surface area (Å²) in [6, 6.07) is 6.32. The zero-order chi connectivity index (χ0) is 14.7. The topological polar surface area (TPSA) is 75.6 Å². The summed E-state index contributed by atoms with van der Waals surface area (Å²) in [7, 11) is 0. The number of phenols is 1. The van der Waals surface area contributed by atoms with Gasteiger partial charge in [0.05, 0.1) is 16.7 Å². The van der Waals surface area contributed by atoms with Crippen LogP contribution in [0.25, 0.3) is 0 Å². The molecular formula is C15H14BrNO4. The molecule has 0 radical (unpaired) electrons. The summed E-state index contributed by atoms with van der Waals surface area (Å²) in [6.45, 7) is 0. The number of benzene rings is 1. The fourth-order valence-corrected chi connectivity index (χ4v) is 5.15. The summed E-state index contributed by atoms with van der Waals surface area (Å²) in [5.41, 5.74) is 0.620. The second-order valence-corrected chi connectivity index (χ2v) is 7.05. The molecule has 0 spiro atoms. The Morgan fingerprint density at radius 3 is 2.71 bits per heavy atom. The number of esters is 1. The second kappa shape index (κ2) is 4.47. The molecule has 5 nitrogen and oxygen atoms in total. The number of anilines is 1. The molecule has 1 aromatic carbocycles. The fourth-order valence-electron chi connectivity index (χ4n) is 4.10. The van der Waals surface area contributed by atoms with E-state index in [1.807, 2.05) is 0 Å². The Labute approximate surface area is 129 Å². The molecule has 3 aliphatic rings. The molecule has 6 heteroatoms. The van der Waals surface area contributed by atoms with Gasteiger partial charge in [-0.05, 0) is 36.6 Å². The number of fused-ring (bicyclic) bond motifs is 1. The number of halogens is 1. The largest absolute Gasteiger partial charge is 0.508 e. The number of hydrogen-bond donors (Lipinski definition) is 2. The normalized spacial score (nSPS) is 39.4. The Hall–Kier alpha value is -1.56. The number of ether oxygens (including phenoxy) is 1. The number of phenolic OH excluding ortho intramolecular Hbond substituents is 1. The van der Waals surface area contributed by atoms with Crippen molar-refractivity contribution in [1.29, 1.82) is 0 Å². The summed E-state index contributed by atoms with van der Waals surface area (Å²) in [4.78, 5) is 24.6. The molecule has 21 heavy (non-hydrogen) atoms. The maximum atomic E-state index is 12.6. The van der Waals surface area contributed by atoms with Gasteiger partial charge in [0.1, 0.15) is 11.9 Å². The second-order valence-electron chi connectivity index (χ2n) is 6.00. The van der Waals surface area contributed by atoms with Crippen LogP contribution in [-0.4, -0.2) is 27.9 Å². The van der Waals surface area contributed by atoms with Crippen molar-refractivity contribution in [3.8, 4) is 5.75 Å². The summed E-state index contributed by atoms with van der Waals surface area (Å²) in [5.74, 6) is -0.544. The van der Waals surface area contributed by atoms with Gasteiger partial charge in [-0.1, -0.05) is 15.9 Å². The monoisotopic (exact) mass is 351 g/mol. The van der Waals surface area contributed by atoms with Gasteiger partial charge in [0.25, 0.3) is 0 Å². The molecule has 6 atom stereocenters. The first kappa shape index (κ1) is 13.1. The van der Waals surface area contributed by atoms with Crippen LogP contribution in [0.5, 0.6) is 5.75 Å². The Balaban J connectivity index is 1.57. The number of amides is 1. The van der Waals surface area contributed by atoms with Gasteiger partial charge in [0.15, 0.2) is 0 Å². The summed E-state index contributed by atoms with van der Waals surface area (Å²) >= 11 is 3.59. The number of carbonyl (C=O) groups excluding carboxylic acids is 2. The summed E-state index contributed by atoms with van der Waals surface area (Å²) in [6.07, 6.45) is 0.801. The van der Waals surface area contributed by atoms with Crippen molar-refractivity contribution in [2.24, 2.45) is 23.7 Å². The molecule has 1 saturated heterocycles. The fraction of sp³-hybridized carbons (Fsp3) is 0.467. The van der Waals surface area contributed by atoms with Crippen molar-refractivity contribution in [2.75, 3.05) is 5.32 Å². The standard InChI is InChI=1S/C15H14BrNO4/c16-12-8-5-9-11(15(20)21-13(9)12)10(8)14(19)17-6-1-3-7(18)4-2-6/h1-4,8-13,18H,5H2,(H,17,19)/t8-,9-,10-,11+,12+,13+/m1/s1. The molecule has 1 heterocycles. The van der Waals surface area contributed by atoms with Crippen LogP contribution in [0.15, 0.2) is 24.3 Å². The lowest BCUT2D eigenvalue weighted by molar-refractivity contribution is -0.145. The average Bonchev–Trinajstić information content (AvgIpc) is 3.05. The molecule has 3 fully saturated rings. The first-order valence-corrected chi connectivity index (χ1v) is 7.92. The highest BCUT2D eigenvalue weighted by Gasteiger charge is 2.67. The Kier molecular flexibility index (Phi) is 2.79. The van der Waals surface area contributed by atoms with Crippen molar-refractivity contribution in [3.05, 3.63) is 24.3 Å². The molecule has 1 aliphatic heterocycles. The van der Waals surface area contributed by atoms with Crippen molar-refractivity contribution in [2.45, 2.75) is 17.4 Å². The van der Waals surface area contributed by atoms with Gasteiger partial charge in [-0.25, -0.2) is 0 Å². The van der Waals surface area contributed by atoms with E-state index in [0.29, 0.717) is 5.69 Å². The maximum Gasteiger partial charge on any atom is 0.310 e. The average molecular weight is 352 g/mol. The summed E-state index contributed by atoms with van der Waals surface area (Å²) < 4.78 is 5.40. The third-order valence-electron chi connectivity index (χ3n) is 4.96. The lowest BCUT2D eigenvalue weighted by Gasteiger charge is -2.27. The van der Waals surface area contributed by atoms with Crippen molar-refractivity contribution in [1.82, 2.24) is 0 Å². The molecule has 2 aliphatic carbocycles. The van der Waals surface area contributed by atoms with E-state index in [9.17, 15) is 14.7 Å². The van der Waals surface area contributed by atoms with Crippen LogP contribution < -0.4 is 5.32 Å². The molecule has 2 saturated carbocycles. The van der Waals surface area contributed by atoms with E-state index >= 15 is 0 Å². The van der Waals surface area contributed by atoms with Gasteiger partial charge in [-0.3, -0.25) is 9.59 Å². The van der Waals surface area contributed by atoms with Gasteiger partial charge in [-0.15, -0.1) is 0 Å². The lowest BCUT2D eigenvalue weighted by Crippen LogP contribution is -2.40. The van der Waals surface area contributed by atoms with E-state index in [2.05, 4.69) is 21.2 Å². The van der Waals surface area contributed by atoms with Crippen molar-refractivity contribution in [3.63, 3.8) is 0 Å². The van der Waals surface area contributed by atoms with E-state index in [-0.39, 0.29) is 52.2 Å². The molecule has 110 valence electrons. The van der Waals surface area contributed by atoms with Gasteiger partial charge in [0.2, 0.25) is 5.91 Å². The smallest absolute Gasteiger partial charge is 0.310 e. The third-order valence-corrected chi connectivity index (χ3v) is 6.16. The van der Waals surface area contributed by atoms with Gasteiger partial charge < -0.3 is 15.2 Å². The van der Waals surface area contributed by atoms with E-state index in [4.69, 9.17) is 4.74 Å². The van der Waals surface area contributed by atoms with Crippen LogP contribution in [0, 0.1) is 23.7 Å². The van der Waals surface area contributed by atoms with Crippen LogP contribution in [0.1, 0.15) is 6.42 Å². The number of hydrogen-bond acceptors (Lipinski definition) is 4. The van der Waals surface area contributed by atoms with E-state index in [1.54, 1.807) is 12.1 Å². The highest BCUT2D eigenvalue weighted by Crippen LogP contribution is 2.60. The SMILES string of the molecule is O=C(Nc1ccc(O)cc1)[C@@H]1[C@H]2C[C@H]3[C@H](OC(=O)[C@@H]31)[C@H]2Br. The molecule has 0 unspecified atom stereocenters. The van der Waals surface area contributed by atoms with Gasteiger partial charge in [0, 0.05) is 11.6 Å². The number of aromatic hydroxyl groups is 1. The molecule has 0 aromatic heterocycles.